The molecule has 24 heavy (non-hydrogen) atoms. The Labute approximate surface area is 145 Å². The summed E-state index contributed by atoms with van der Waals surface area (Å²) in [6.07, 6.45) is 0. The zero-order chi connectivity index (χ0) is 17.9. The molecule has 3 nitrogen and oxygen atoms in total. The smallest absolute Gasteiger partial charge is 0.238 e. The summed E-state index contributed by atoms with van der Waals surface area (Å²) in [5.41, 5.74) is 8.15. The minimum absolute atomic E-state index is 0.0258. The first-order valence-electron chi connectivity index (χ1n) is 8.38. The van der Waals surface area contributed by atoms with Gasteiger partial charge in [-0.05, 0) is 63.9 Å². The molecule has 2 aromatic rings. The first kappa shape index (κ1) is 18.2. The van der Waals surface area contributed by atoms with Crippen molar-refractivity contribution in [3.8, 4) is 0 Å². The Morgan fingerprint density at radius 2 is 1.54 bits per heavy atom. The van der Waals surface area contributed by atoms with E-state index in [2.05, 4.69) is 61.3 Å². The van der Waals surface area contributed by atoms with Gasteiger partial charge in [-0.2, -0.15) is 0 Å². The standard InChI is InChI=1S/C21H28N2O/c1-14-7-8-16(3)19(11-14)12-23(6)13-20(24)22-21-17(4)9-15(2)10-18(21)5/h7-11H,12-13H2,1-6H3,(H,22,24). The van der Waals surface area contributed by atoms with E-state index in [1.807, 2.05) is 20.9 Å². The zero-order valence-electron chi connectivity index (χ0n) is 15.7. The molecule has 3 heteroatoms. The Morgan fingerprint density at radius 1 is 0.917 bits per heavy atom. The van der Waals surface area contributed by atoms with Gasteiger partial charge < -0.3 is 5.32 Å². The maximum Gasteiger partial charge on any atom is 0.238 e. The molecule has 0 aliphatic rings. The highest BCUT2D eigenvalue weighted by Gasteiger charge is 2.12. The largest absolute Gasteiger partial charge is 0.324 e. The Balaban J connectivity index is 2.01. The highest BCUT2D eigenvalue weighted by atomic mass is 16.2. The van der Waals surface area contributed by atoms with Crippen LogP contribution in [0.3, 0.4) is 0 Å². The molecule has 128 valence electrons. The van der Waals surface area contributed by atoms with Gasteiger partial charge in [0.15, 0.2) is 0 Å². The number of aryl methyl sites for hydroxylation is 5. The van der Waals surface area contributed by atoms with Crippen LogP contribution in [0.25, 0.3) is 0 Å². The van der Waals surface area contributed by atoms with Gasteiger partial charge in [0.05, 0.1) is 6.54 Å². The van der Waals surface area contributed by atoms with Crippen molar-refractivity contribution in [2.24, 2.45) is 0 Å². The van der Waals surface area contributed by atoms with E-state index in [0.29, 0.717) is 6.54 Å². The fourth-order valence-electron chi connectivity index (χ4n) is 3.12. The zero-order valence-corrected chi connectivity index (χ0v) is 15.7. The van der Waals surface area contributed by atoms with Crippen LogP contribution in [-0.2, 0) is 11.3 Å². The van der Waals surface area contributed by atoms with E-state index >= 15 is 0 Å². The molecule has 0 bridgehead atoms. The van der Waals surface area contributed by atoms with E-state index in [1.165, 1.54) is 22.3 Å². The molecule has 2 rings (SSSR count). The molecule has 2 aromatic carbocycles. The van der Waals surface area contributed by atoms with Crippen molar-refractivity contribution in [3.63, 3.8) is 0 Å². The predicted molar refractivity (Wildman–Crippen MR) is 102 cm³/mol. The number of carbonyl (C=O) groups is 1. The van der Waals surface area contributed by atoms with Crippen LogP contribution in [0.15, 0.2) is 30.3 Å². The molecule has 0 heterocycles. The number of anilines is 1. The second kappa shape index (κ2) is 7.63. The summed E-state index contributed by atoms with van der Waals surface area (Å²) in [6.45, 7) is 11.5. The highest BCUT2D eigenvalue weighted by molar-refractivity contribution is 5.93. The van der Waals surface area contributed by atoms with Crippen molar-refractivity contribution in [2.75, 3.05) is 18.9 Å². The molecule has 0 atom stereocenters. The van der Waals surface area contributed by atoms with E-state index in [1.54, 1.807) is 0 Å². The van der Waals surface area contributed by atoms with Crippen LogP contribution in [0.5, 0.6) is 0 Å². The molecule has 0 fully saturated rings. The third-order valence-corrected chi connectivity index (χ3v) is 4.30. The second-order valence-electron chi connectivity index (χ2n) is 6.92. The molecule has 0 saturated carbocycles. The lowest BCUT2D eigenvalue weighted by molar-refractivity contribution is -0.117. The monoisotopic (exact) mass is 324 g/mol. The van der Waals surface area contributed by atoms with Crippen molar-refractivity contribution < 1.29 is 4.79 Å². The van der Waals surface area contributed by atoms with Crippen molar-refractivity contribution >= 4 is 11.6 Å². The van der Waals surface area contributed by atoms with Crippen molar-refractivity contribution in [1.29, 1.82) is 0 Å². The van der Waals surface area contributed by atoms with Gasteiger partial charge in [-0.15, -0.1) is 0 Å². The van der Waals surface area contributed by atoms with Crippen molar-refractivity contribution in [1.82, 2.24) is 4.90 Å². The SMILES string of the molecule is Cc1cc(C)c(NC(=O)CN(C)Cc2cc(C)ccc2C)c(C)c1. The minimum Gasteiger partial charge on any atom is -0.324 e. The van der Waals surface area contributed by atoms with E-state index in [-0.39, 0.29) is 5.91 Å². The van der Waals surface area contributed by atoms with Gasteiger partial charge in [-0.3, -0.25) is 9.69 Å². The van der Waals surface area contributed by atoms with Gasteiger partial charge >= 0.3 is 0 Å². The van der Waals surface area contributed by atoms with Gasteiger partial charge in [0.1, 0.15) is 0 Å². The lowest BCUT2D eigenvalue weighted by Crippen LogP contribution is -2.30. The molecule has 0 radical (unpaired) electrons. The molecule has 1 amide bonds. The average Bonchev–Trinajstić information content (AvgIpc) is 2.46. The van der Waals surface area contributed by atoms with Crippen LogP contribution < -0.4 is 5.32 Å². The molecule has 1 N–H and O–H groups in total. The number of rotatable bonds is 5. The number of nitrogens with zero attached hydrogens (tertiary/aromatic N) is 1. The fourth-order valence-corrected chi connectivity index (χ4v) is 3.12. The van der Waals surface area contributed by atoms with E-state index in [0.717, 1.165) is 23.4 Å². The summed E-state index contributed by atoms with van der Waals surface area (Å²) >= 11 is 0. The van der Waals surface area contributed by atoms with Gasteiger partial charge in [0.25, 0.3) is 0 Å². The Morgan fingerprint density at radius 3 is 2.17 bits per heavy atom. The summed E-state index contributed by atoms with van der Waals surface area (Å²) in [6, 6.07) is 10.6. The molecule has 0 aliphatic carbocycles. The number of hydrogen-bond donors (Lipinski definition) is 1. The van der Waals surface area contributed by atoms with Crippen molar-refractivity contribution in [2.45, 2.75) is 41.2 Å². The third kappa shape index (κ3) is 4.68. The molecule has 0 spiro atoms. The maximum absolute atomic E-state index is 12.4. The Hall–Kier alpha value is -2.13. The molecule has 0 unspecified atom stereocenters. The second-order valence-corrected chi connectivity index (χ2v) is 6.92. The summed E-state index contributed by atoms with van der Waals surface area (Å²) in [4.78, 5) is 14.5. The van der Waals surface area contributed by atoms with Gasteiger partial charge in [-0.1, -0.05) is 41.5 Å². The first-order valence-corrected chi connectivity index (χ1v) is 8.38. The lowest BCUT2D eigenvalue weighted by Gasteiger charge is -2.19. The molecular formula is C21H28N2O. The number of benzene rings is 2. The van der Waals surface area contributed by atoms with Crippen LogP contribution >= 0.6 is 0 Å². The predicted octanol–water partition coefficient (Wildman–Crippen LogP) is 4.30. The number of likely N-dealkylation sites (N-methyl/N-ethyl adjacent to an activating group) is 1. The number of amides is 1. The van der Waals surface area contributed by atoms with E-state index < -0.39 is 0 Å². The fraction of sp³-hybridized carbons (Fsp3) is 0.381. The minimum atomic E-state index is 0.0258. The van der Waals surface area contributed by atoms with Gasteiger partial charge in [0.2, 0.25) is 5.91 Å². The summed E-state index contributed by atoms with van der Waals surface area (Å²) < 4.78 is 0. The maximum atomic E-state index is 12.4. The number of nitrogens with one attached hydrogen (secondary N) is 1. The summed E-state index contributed by atoms with van der Waals surface area (Å²) in [7, 11) is 1.98. The molecule has 0 saturated heterocycles. The average molecular weight is 324 g/mol. The summed E-state index contributed by atoms with van der Waals surface area (Å²) in [5.74, 6) is 0.0258. The van der Waals surface area contributed by atoms with Crippen LogP contribution in [0, 0.1) is 34.6 Å². The van der Waals surface area contributed by atoms with Crippen LogP contribution in [0.2, 0.25) is 0 Å². The van der Waals surface area contributed by atoms with Crippen LogP contribution in [0.1, 0.15) is 33.4 Å². The van der Waals surface area contributed by atoms with Gasteiger partial charge in [0, 0.05) is 12.2 Å². The van der Waals surface area contributed by atoms with E-state index in [9.17, 15) is 4.79 Å². The third-order valence-electron chi connectivity index (χ3n) is 4.30. The van der Waals surface area contributed by atoms with Crippen LogP contribution in [0.4, 0.5) is 5.69 Å². The summed E-state index contributed by atoms with van der Waals surface area (Å²) in [5, 5.41) is 3.07. The van der Waals surface area contributed by atoms with E-state index in [4.69, 9.17) is 0 Å². The highest BCUT2D eigenvalue weighted by Crippen LogP contribution is 2.22. The Kier molecular flexibility index (Phi) is 5.79. The van der Waals surface area contributed by atoms with Gasteiger partial charge in [-0.25, -0.2) is 0 Å². The normalized spacial score (nSPS) is 11.0. The topological polar surface area (TPSA) is 32.3 Å². The number of hydrogen-bond acceptors (Lipinski definition) is 2. The molecular weight excluding hydrogens is 296 g/mol. The molecule has 0 aromatic heterocycles. The quantitative estimate of drug-likeness (QED) is 0.889. The molecule has 0 aliphatic heterocycles. The van der Waals surface area contributed by atoms with Crippen molar-refractivity contribution in [3.05, 3.63) is 63.7 Å². The lowest BCUT2D eigenvalue weighted by atomic mass is 10.0. The Bertz CT molecular complexity index is 726. The first-order chi connectivity index (χ1) is 11.3. The van der Waals surface area contributed by atoms with Crippen LogP contribution in [-0.4, -0.2) is 24.4 Å². The number of carbonyl (C=O) groups excluding carboxylic acids is 1.